The Kier molecular flexibility index (Phi) is 5.64. The third-order valence-electron chi connectivity index (χ3n) is 3.81. The molecule has 154 valence electrons. The lowest BCUT2D eigenvalue weighted by molar-refractivity contribution is -0.136. The summed E-state index contributed by atoms with van der Waals surface area (Å²) in [6, 6.07) is 8.33. The molecule has 0 radical (unpaired) electrons. The van der Waals surface area contributed by atoms with Crippen LogP contribution in [-0.4, -0.2) is 36.4 Å². The molecule has 0 unspecified atom stereocenters. The average molecular weight is 427 g/mol. The van der Waals surface area contributed by atoms with Crippen LogP contribution in [0, 0.1) is 0 Å². The van der Waals surface area contributed by atoms with Gasteiger partial charge in [0.25, 0.3) is 0 Å². The number of fused-ring (bicyclic) bond motifs is 1. The first-order valence-electron chi connectivity index (χ1n) is 8.29. The Morgan fingerprint density at radius 1 is 1.14 bits per heavy atom. The summed E-state index contributed by atoms with van der Waals surface area (Å²) in [5, 5.41) is 8.30. The molecule has 12 heteroatoms. The van der Waals surface area contributed by atoms with Crippen molar-refractivity contribution in [1.29, 1.82) is 0 Å². The quantitative estimate of drug-likeness (QED) is 0.563. The van der Waals surface area contributed by atoms with Gasteiger partial charge in [0.05, 0.1) is 28.2 Å². The van der Waals surface area contributed by atoms with Crippen LogP contribution in [0.2, 0.25) is 0 Å². The molecule has 29 heavy (non-hydrogen) atoms. The van der Waals surface area contributed by atoms with Crippen molar-refractivity contribution < 1.29 is 26.4 Å². The van der Waals surface area contributed by atoms with Gasteiger partial charge in [0, 0.05) is 18.9 Å². The number of anilines is 2. The van der Waals surface area contributed by atoms with Gasteiger partial charge in [-0.25, -0.2) is 17.7 Å². The number of amides is 2. The van der Waals surface area contributed by atoms with Crippen LogP contribution in [0.25, 0.3) is 5.52 Å². The first-order valence-corrected chi connectivity index (χ1v) is 9.94. The van der Waals surface area contributed by atoms with Crippen molar-refractivity contribution in [3.63, 3.8) is 0 Å². The number of hydrogen-bond donors (Lipinski definition) is 3. The maximum absolute atomic E-state index is 12.9. The van der Waals surface area contributed by atoms with Gasteiger partial charge in [0.1, 0.15) is 0 Å². The summed E-state index contributed by atoms with van der Waals surface area (Å²) in [7, 11) is -3.79. The van der Waals surface area contributed by atoms with Crippen molar-refractivity contribution in [3.8, 4) is 0 Å². The van der Waals surface area contributed by atoms with Crippen molar-refractivity contribution in [1.82, 2.24) is 14.9 Å². The van der Waals surface area contributed by atoms with Crippen LogP contribution in [0.15, 0.2) is 54.9 Å². The van der Waals surface area contributed by atoms with Gasteiger partial charge in [0.15, 0.2) is 0 Å². The second-order valence-corrected chi connectivity index (χ2v) is 7.80. The largest absolute Gasteiger partial charge is 0.418 e. The molecule has 0 bridgehead atoms. The highest BCUT2D eigenvalue weighted by molar-refractivity contribution is 7.92. The minimum absolute atomic E-state index is 0.301. The Bertz CT molecular complexity index is 1130. The molecule has 1 aromatic carbocycles. The van der Waals surface area contributed by atoms with Crippen molar-refractivity contribution >= 4 is 32.9 Å². The van der Waals surface area contributed by atoms with Gasteiger partial charge < -0.3 is 10.6 Å². The van der Waals surface area contributed by atoms with E-state index < -0.39 is 39.2 Å². The number of pyridine rings is 1. The van der Waals surface area contributed by atoms with E-state index in [4.69, 9.17) is 0 Å². The molecular weight excluding hydrogens is 411 g/mol. The van der Waals surface area contributed by atoms with Gasteiger partial charge in [-0.2, -0.15) is 18.3 Å². The lowest BCUT2D eigenvalue weighted by Crippen LogP contribution is -2.34. The summed E-state index contributed by atoms with van der Waals surface area (Å²) >= 11 is 0. The maximum atomic E-state index is 12.9. The van der Waals surface area contributed by atoms with E-state index in [2.05, 4.69) is 20.5 Å². The Hall–Kier alpha value is -3.28. The highest BCUT2D eigenvalue weighted by atomic mass is 32.2. The lowest BCUT2D eigenvalue weighted by atomic mass is 10.1. The molecule has 2 aromatic heterocycles. The summed E-state index contributed by atoms with van der Waals surface area (Å²) in [4.78, 5) is 11.8. The number of rotatable bonds is 6. The predicted molar refractivity (Wildman–Crippen MR) is 101 cm³/mol. The van der Waals surface area contributed by atoms with Crippen LogP contribution in [0.4, 0.5) is 29.3 Å². The predicted octanol–water partition coefficient (Wildman–Crippen LogP) is 2.92. The van der Waals surface area contributed by atoms with Crippen LogP contribution in [-0.2, 0) is 16.2 Å². The zero-order valence-electron chi connectivity index (χ0n) is 14.8. The van der Waals surface area contributed by atoms with Gasteiger partial charge in [-0.15, -0.1) is 0 Å². The van der Waals surface area contributed by atoms with Crippen molar-refractivity contribution in [2.75, 3.05) is 22.3 Å². The molecule has 0 aliphatic rings. The third kappa shape index (κ3) is 5.38. The van der Waals surface area contributed by atoms with Crippen molar-refractivity contribution in [2.45, 2.75) is 6.18 Å². The number of urea groups is 1. The zero-order chi connectivity index (χ0) is 21.1. The van der Waals surface area contributed by atoms with Crippen LogP contribution >= 0.6 is 0 Å². The van der Waals surface area contributed by atoms with E-state index in [0.717, 1.165) is 12.1 Å². The lowest BCUT2D eigenvalue weighted by Gasteiger charge is -2.14. The summed E-state index contributed by atoms with van der Waals surface area (Å²) < 4.78 is 67.0. The average Bonchev–Trinajstić information content (AvgIpc) is 3.08. The standard InChI is InChI=1S/C17H16F3N5O3S/c18-17(19,20)14-3-1-2-4-15(14)23-16(26)21-8-10-29(27,28)24-12-6-9-25-13(11-12)5-7-22-25/h1-7,9,11,24H,8,10H2,(H2,21,23,26). The number of nitrogens with one attached hydrogen (secondary N) is 3. The van der Waals surface area contributed by atoms with E-state index >= 15 is 0 Å². The van der Waals surface area contributed by atoms with Gasteiger partial charge in [-0.05, 0) is 30.3 Å². The number of nitrogens with zero attached hydrogens (tertiary/aromatic N) is 2. The SMILES string of the molecule is O=C(NCCS(=O)(=O)Nc1ccn2nccc2c1)Nc1ccccc1C(F)(F)F. The Morgan fingerprint density at radius 3 is 2.66 bits per heavy atom. The molecule has 2 amide bonds. The van der Waals surface area contributed by atoms with Crippen molar-refractivity contribution in [2.24, 2.45) is 0 Å². The van der Waals surface area contributed by atoms with E-state index in [1.54, 1.807) is 29.0 Å². The smallest absolute Gasteiger partial charge is 0.337 e. The summed E-state index contributed by atoms with van der Waals surface area (Å²) in [5.41, 5.74) is -0.417. The number of carbonyl (C=O) groups excluding carboxylic acids is 1. The number of carbonyl (C=O) groups is 1. The molecular formula is C17H16F3N5O3S. The Balaban J connectivity index is 1.54. The number of alkyl halides is 3. The molecule has 3 aromatic rings. The Labute approximate surface area is 163 Å². The molecule has 0 saturated heterocycles. The molecule has 3 rings (SSSR count). The normalized spacial score (nSPS) is 12.0. The first kappa shape index (κ1) is 20.5. The van der Waals surface area contributed by atoms with E-state index in [1.807, 2.05) is 0 Å². The molecule has 8 nitrogen and oxygen atoms in total. The first-order chi connectivity index (χ1) is 13.6. The molecule has 0 aliphatic heterocycles. The van der Waals surface area contributed by atoms with Gasteiger partial charge in [0.2, 0.25) is 10.0 Å². The molecule has 0 aliphatic carbocycles. The summed E-state index contributed by atoms with van der Waals surface area (Å²) in [5.74, 6) is -0.466. The van der Waals surface area contributed by atoms with Gasteiger partial charge in [-0.3, -0.25) is 4.72 Å². The number of halogens is 3. The molecule has 2 heterocycles. The van der Waals surface area contributed by atoms with Crippen LogP contribution < -0.4 is 15.4 Å². The van der Waals surface area contributed by atoms with E-state index in [1.165, 1.54) is 18.2 Å². The topological polar surface area (TPSA) is 105 Å². The van der Waals surface area contributed by atoms with Gasteiger partial charge >= 0.3 is 12.2 Å². The zero-order valence-corrected chi connectivity index (χ0v) is 15.6. The molecule has 0 atom stereocenters. The molecule has 3 N–H and O–H groups in total. The fraction of sp³-hybridized carbons (Fsp3) is 0.176. The molecule has 0 spiro atoms. The number of aromatic nitrogens is 2. The second-order valence-electron chi connectivity index (χ2n) is 5.96. The summed E-state index contributed by atoms with van der Waals surface area (Å²) in [6.07, 6.45) is -1.49. The number of hydrogen-bond acceptors (Lipinski definition) is 4. The highest BCUT2D eigenvalue weighted by Gasteiger charge is 2.33. The van der Waals surface area contributed by atoms with Gasteiger partial charge in [-0.1, -0.05) is 12.1 Å². The minimum atomic E-state index is -4.63. The van der Waals surface area contributed by atoms with E-state index in [0.29, 0.717) is 11.2 Å². The number of benzene rings is 1. The maximum Gasteiger partial charge on any atom is 0.418 e. The molecule has 0 saturated carbocycles. The van der Waals surface area contributed by atoms with Crippen LogP contribution in [0.1, 0.15) is 5.56 Å². The minimum Gasteiger partial charge on any atom is -0.337 e. The van der Waals surface area contributed by atoms with Crippen molar-refractivity contribution in [3.05, 3.63) is 60.4 Å². The monoisotopic (exact) mass is 427 g/mol. The summed E-state index contributed by atoms with van der Waals surface area (Å²) in [6.45, 7) is -0.301. The van der Waals surface area contributed by atoms with Crippen LogP contribution in [0.3, 0.4) is 0 Å². The van der Waals surface area contributed by atoms with Crippen LogP contribution in [0.5, 0.6) is 0 Å². The number of para-hydroxylation sites is 1. The third-order valence-corrected chi connectivity index (χ3v) is 5.10. The van der Waals surface area contributed by atoms with E-state index in [-0.39, 0.29) is 6.54 Å². The number of sulfonamides is 1. The fourth-order valence-electron chi connectivity index (χ4n) is 2.52. The Morgan fingerprint density at radius 2 is 1.90 bits per heavy atom. The molecule has 0 fully saturated rings. The second kappa shape index (κ2) is 7.99. The highest BCUT2D eigenvalue weighted by Crippen LogP contribution is 2.34. The fourth-order valence-corrected chi connectivity index (χ4v) is 3.48. The van der Waals surface area contributed by atoms with E-state index in [9.17, 15) is 26.4 Å².